The predicted octanol–water partition coefficient (Wildman–Crippen LogP) is 5.49. The van der Waals surface area contributed by atoms with Gasteiger partial charge in [-0.05, 0) is 73.3 Å². The van der Waals surface area contributed by atoms with Crippen molar-refractivity contribution in [3.63, 3.8) is 0 Å². The highest BCUT2D eigenvalue weighted by molar-refractivity contribution is 6.04. The Morgan fingerprint density at radius 1 is 1.08 bits per heavy atom. The maximum absolute atomic E-state index is 13.2. The highest BCUT2D eigenvalue weighted by Crippen LogP contribution is 2.47. The first-order valence-electron chi connectivity index (χ1n) is 8.97. The third kappa shape index (κ3) is 2.49. The summed E-state index contributed by atoms with van der Waals surface area (Å²) in [6.45, 7) is 4.36. The lowest BCUT2D eigenvalue weighted by Crippen LogP contribution is -2.24. The van der Waals surface area contributed by atoms with E-state index in [0.717, 1.165) is 42.4 Å². The van der Waals surface area contributed by atoms with Crippen LogP contribution in [0, 0.1) is 23.6 Å². The van der Waals surface area contributed by atoms with Crippen molar-refractivity contribution in [2.75, 3.05) is 0 Å². The summed E-state index contributed by atoms with van der Waals surface area (Å²) in [6, 6.07) is 6.63. The zero-order chi connectivity index (χ0) is 16.8. The number of fused-ring (bicyclic) bond motifs is 2. The van der Waals surface area contributed by atoms with Gasteiger partial charge >= 0.3 is 0 Å². The van der Waals surface area contributed by atoms with Crippen molar-refractivity contribution < 1.29 is 9.18 Å². The number of ketones is 1. The van der Waals surface area contributed by atoms with Crippen LogP contribution in [0.25, 0.3) is 5.57 Å². The van der Waals surface area contributed by atoms with Gasteiger partial charge in [-0.1, -0.05) is 36.8 Å². The third-order valence-electron chi connectivity index (χ3n) is 6.06. The van der Waals surface area contributed by atoms with Crippen LogP contribution in [0.3, 0.4) is 0 Å². The minimum atomic E-state index is -0.217. The Balaban J connectivity index is 1.76. The summed E-state index contributed by atoms with van der Waals surface area (Å²) < 4.78 is 13.2. The van der Waals surface area contributed by atoms with Crippen LogP contribution >= 0.6 is 0 Å². The first-order valence-corrected chi connectivity index (χ1v) is 8.97. The summed E-state index contributed by atoms with van der Waals surface area (Å²) in [6.07, 6.45) is 8.57. The Labute approximate surface area is 143 Å². The van der Waals surface area contributed by atoms with Crippen molar-refractivity contribution in [1.29, 1.82) is 0 Å². The number of hydrogen-bond acceptors (Lipinski definition) is 1. The van der Waals surface area contributed by atoms with Crippen LogP contribution < -0.4 is 0 Å². The van der Waals surface area contributed by atoms with Gasteiger partial charge in [-0.15, -0.1) is 0 Å². The van der Waals surface area contributed by atoms with Gasteiger partial charge in [-0.25, -0.2) is 4.39 Å². The van der Waals surface area contributed by atoms with Crippen molar-refractivity contribution in [2.24, 2.45) is 17.8 Å². The molecule has 1 aromatic rings. The molecule has 4 rings (SSSR count). The summed E-state index contributed by atoms with van der Waals surface area (Å²) in [7, 11) is 0. The Morgan fingerprint density at radius 3 is 2.54 bits per heavy atom. The van der Waals surface area contributed by atoms with Gasteiger partial charge in [-0.2, -0.15) is 0 Å². The molecule has 0 N–H and O–H groups in total. The first kappa shape index (κ1) is 15.6. The second-order valence-corrected chi connectivity index (χ2v) is 7.53. The molecule has 2 heteroatoms. The van der Waals surface area contributed by atoms with Crippen LogP contribution in [-0.2, 0) is 4.79 Å². The molecular formula is C22H23FO. The molecule has 24 heavy (non-hydrogen) atoms. The molecule has 3 aliphatic rings. The Kier molecular flexibility index (Phi) is 3.79. The normalized spacial score (nSPS) is 29.6. The molecule has 1 nitrogen and oxygen atoms in total. The van der Waals surface area contributed by atoms with Gasteiger partial charge in [0, 0.05) is 11.5 Å². The van der Waals surface area contributed by atoms with Crippen LogP contribution in [0.5, 0.6) is 0 Å². The Morgan fingerprint density at radius 2 is 1.79 bits per heavy atom. The average Bonchev–Trinajstić information content (AvgIpc) is 3.03. The van der Waals surface area contributed by atoms with Crippen molar-refractivity contribution in [2.45, 2.75) is 39.5 Å². The Bertz CT molecular complexity index is 779. The number of carbonyl (C=O) groups is 1. The van der Waals surface area contributed by atoms with Crippen molar-refractivity contribution in [3.05, 3.63) is 64.5 Å². The SMILES string of the molecule is CC1=C(C2=CC(c3ccc(F)cc3)=CCC2C)C(=O)[C@@H]2CC[C@H]1C2. The van der Waals surface area contributed by atoms with Gasteiger partial charge in [-0.3, -0.25) is 4.79 Å². The molecule has 3 atom stereocenters. The number of benzene rings is 1. The number of rotatable bonds is 2. The van der Waals surface area contributed by atoms with Gasteiger partial charge < -0.3 is 0 Å². The molecule has 0 radical (unpaired) electrons. The largest absolute Gasteiger partial charge is 0.294 e. The van der Waals surface area contributed by atoms with E-state index in [4.69, 9.17) is 0 Å². The van der Waals surface area contributed by atoms with Crippen LogP contribution in [0.1, 0.15) is 45.1 Å². The molecule has 0 amide bonds. The molecule has 1 unspecified atom stereocenters. The van der Waals surface area contributed by atoms with E-state index < -0.39 is 0 Å². The molecule has 0 aromatic heterocycles. The number of allylic oxidation sites excluding steroid dienone is 6. The standard InChI is InChI=1S/C22H23FO/c1-13-3-4-17(15-7-9-19(23)10-8-15)12-20(13)21-14(2)16-5-6-18(11-16)22(21)24/h4,7-10,12-13,16,18H,3,5-6,11H2,1-2H3/t13?,16-,18+/m0/s1. The zero-order valence-electron chi connectivity index (χ0n) is 14.3. The fraction of sp³-hybridized carbons (Fsp3) is 0.409. The predicted molar refractivity (Wildman–Crippen MR) is 94.8 cm³/mol. The maximum atomic E-state index is 13.2. The molecule has 1 aromatic carbocycles. The molecule has 0 spiro atoms. The first-order chi connectivity index (χ1) is 11.5. The van der Waals surface area contributed by atoms with Crippen LogP contribution in [0.2, 0.25) is 0 Å². The molecule has 1 fully saturated rings. The number of Topliss-reactive ketones (excluding diaryl/α,β-unsaturated/α-hetero) is 1. The van der Waals surface area contributed by atoms with E-state index in [-0.39, 0.29) is 11.7 Å². The lowest BCUT2D eigenvalue weighted by atomic mass is 9.74. The number of hydrogen-bond donors (Lipinski definition) is 0. The lowest BCUT2D eigenvalue weighted by Gasteiger charge is -2.29. The third-order valence-corrected chi connectivity index (χ3v) is 6.06. The smallest absolute Gasteiger partial charge is 0.166 e. The van der Waals surface area contributed by atoms with E-state index in [1.165, 1.54) is 23.3 Å². The highest BCUT2D eigenvalue weighted by Gasteiger charge is 2.40. The number of carbonyl (C=O) groups excluding carboxylic acids is 1. The topological polar surface area (TPSA) is 17.1 Å². The van der Waals surface area contributed by atoms with Crippen molar-refractivity contribution in [3.8, 4) is 0 Å². The molecule has 0 aliphatic heterocycles. The fourth-order valence-corrected chi connectivity index (χ4v) is 4.55. The molecule has 0 heterocycles. The molecule has 0 saturated heterocycles. The summed E-state index contributed by atoms with van der Waals surface area (Å²) in [4.78, 5) is 13.0. The quantitative estimate of drug-likeness (QED) is 0.703. The van der Waals surface area contributed by atoms with E-state index >= 15 is 0 Å². The molecule has 2 bridgehead atoms. The summed E-state index contributed by atoms with van der Waals surface area (Å²) in [5.41, 5.74) is 5.62. The van der Waals surface area contributed by atoms with Crippen LogP contribution in [0.15, 0.2) is 53.1 Å². The van der Waals surface area contributed by atoms with Crippen molar-refractivity contribution in [1.82, 2.24) is 0 Å². The van der Waals surface area contributed by atoms with E-state index in [1.807, 2.05) is 12.1 Å². The molecule has 1 saturated carbocycles. The molecular weight excluding hydrogens is 299 g/mol. The van der Waals surface area contributed by atoms with Gasteiger partial charge in [0.1, 0.15) is 5.82 Å². The second-order valence-electron chi connectivity index (χ2n) is 7.53. The van der Waals surface area contributed by atoms with E-state index in [0.29, 0.717) is 17.6 Å². The summed E-state index contributed by atoms with van der Waals surface area (Å²) >= 11 is 0. The van der Waals surface area contributed by atoms with Crippen molar-refractivity contribution >= 4 is 11.4 Å². The minimum absolute atomic E-state index is 0.217. The maximum Gasteiger partial charge on any atom is 0.166 e. The van der Waals surface area contributed by atoms with E-state index in [2.05, 4.69) is 26.0 Å². The van der Waals surface area contributed by atoms with Gasteiger partial charge in [0.15, 0.2) is 5.78 Å². The fourth-order valence-electron chi connectivity index (χ4n) is 4.55. The highest BCUT2D eigenvalue weighted by atomic mass is 19.1. The molecule has 124 valence electrons. The van der Waals surface area contributed by atoms with Crippen LogP contribution in [-0.4, -0.2) is 5.78 Å². The second kappa shape index (κ2) is 5.84. The Hall–Kier alpha value is -1.96. The summed E-state index contributed by atoms with van der Waals surface area (Å²) in [5, 5.41) is 0. The average molecular weight is 322 g/mol. The van der Waals surface area contributed by atoms with Gasteiger partial charge in [0.05, 0.1) is 0 Å². The molecule has 3 aliphatic carbocycles. The number of halogens is 1. The monoisotopic (exact) mass is 322 g/mol. The lowest BCUT2D eigenvalue weighted by molar-refractivity contribution is -0.119. The van der Waals surface area contributed by atoms with Gasteiger partial charge in [0.25, 0.3) is 0 Å². The van der Waals surface area contributed by atoms with E-state index in [9.17, 15) is 9.18 Å². The van der Waals surface area contributed by atoms with E-state index in [1.54, 1.807) is 0 Å². The van der Waals surface area contributed by atoms with Gasteiger partial charge in [0.2, 0.25) is 0 Å². The zero-order valence-corrected chi connectivity index (χ0v) is 14.3. The van der Waals surface area contributed by atoms with Crippen LogP contribution in [0.4, 0.5) is 4.39 Å². The minimum Gasteiger partial charge on any atom is -0.294 e. The summed E-state index contributed by atoms with van der Waals surface area (Å²) in [5.74, 6) is 1.34.